The average molecular weight is 399 g/mol. The van der Waals surface area contributed by atoms with Crippen molar-refractivity contribution in [2.45, 2.75) is 6.92 Å². The van der Waals surface area contributed by atoms with Crippen LogP contribution >= 0.6 is 0 Å². The SMILES string of the molecule is C=C(C#N)C(=O)Nc1cccc(Oc2ncnc(N)c2-c2ccc(C(C)=O)cc2)c1. The first kappa shape index (κ1) is 20.2. The molecule has 0 aliphatic rings. The number of benzene rings is 2. The molecule has 1 heterocycles. The highest BCUT2D eigenvalue weighted by Crippen LogP contribution is 2.35. The van der Waals surface area contributed by atoms with Crippen molar-refractivity contribution < 1.29 is 14.3 Å². The van der Waals surface area contributed by atoms with Gasteiger partial charge in [0.1, 0.15) is 29.5 Å². The summed E-state index contributed by atoms with van der Waals surface area (Å²) in [5, 5.41) is 11.3. The molecule has 3 rings (SSSR count). The van der Waals surface area contributed by atoms with Crippen LogP contribution in [0.4, 0.5) is 11.5 Å². The summed E-state index contributed by atoms with van der Waals surface area (Å²) in [5.41, 5.74) is 7.99. The van der Waals surface area contributed by atoms with Crippen molar-refractivity contribution in [3.8, 4) is 28.8 Å². The number of ketones is 1. The van der Waals surface area contributed by atoms with Crippen LogP contribution in [0.15, 0.2) is 67.0 Å². The standard InChI is InChI=1S/C22H17N5O3/c1-13(11-23)21(29)27-17-4-3-5-18(10-17)30-22-19(20(24)25-12-26-22)16-8-6-15(7-9-16)14(2)28/h3-10,12H,1H2,2H3,(H,27,29)(H2,24,25,26). The fourth-order valence-corrected chi connectivity index (χ4v) is 2.61. The van der Waals surface area contributed by atoms with Crippen molar-refractivity contribution in [2.75, 3.05) is 11.1 Å². The number of rotatable bonds is 6. The van der Waals surface area contributed by atoms with E-state index in [0.717, 1.165) is 0 Å². The molecule has 0 saturated heterocycles. The molecular weight excluding hydrogens is 382 g/mol. The summed E-state index contributed by atoms with van der Waals surface area (Å²) in [6.07, 6.45) is 1.28. The zero-order chi connectivity index (χ0) is 21.7. The smallest absolute Gasteiger partial charge is 0.265 e. The van der Waals surface area contributed by atoms with Gasteiger partial charge in [-0.2, -0.15) is 5.26 Å². The summed E-state index contributed by atoms with van der Waals surface area (Å²) < 4.78 is 5.89. The lowest BCUT2D eigenvalue weighted by Crippen LogP contribution is -2.12. The van der Waals surface area contributed by atoms with Gasteiger partial charge in [-0.3, -0.25) is 9.59 Å². The molecule has 0 spiro atoms. The first-order valence-corrected chi connectivity index (χ1v) is 8.79. The topological polar surface area (TPSA) is 131 Å². The van der Waals surface area contributed by atoms with E-state index in [4.69, 9.17) is 15.7 Å². The van der Waals surface area contributed by atoms with E-state index in [9.17, 15) is 9.59 Å². The number of nitrogens with two attached hydrogens (primary N) is 1. The van der Waals surface area contributed by atoms with E-state index in [2.05, 4.69) is 21.9 Å². The fourth-order valence-electron chi connectivity index (χ4n) is 2.61. The molecule has 30 heavy (non-hydrogen) atoms. The zero-order valence-corrected chi connectivity index (χ0v) is 16.0. The minimum Gasteiger partial charge on any atom is -0.438 e. The van der Waals surface area contributed by atoms with Crippen LogP contribution in [0.2, 0.25) is 0 Å². The number of Topliss-reactive ketones (excluding diaryl/α,β-unsaturated/α-hetero) is 1. The Hall–Kier alpha value is -4.51. The molecule has 8 nitrogen and oxygen atoms in total. The molecule has 0 fully saturated rings. The lowest BCUT2D eigenvalue weighted by atomic mass is 10.0. The minimum absolute atomic E-state index is 0.0479. The number of carbonyl (C=O) groups is 2. The van der Waals surface area contributed by atoms with E-state index >= 15 is 0 Å². The maximum absolute atomic E-state index is 11.8. The van der Waals surface area contributed by atoms with Gasteiger partial charge in [0.2, 0.25) is 5.88 Å². The molecule has 0 aliphatic carbocycles. The predicted octanol–water partition coefficient (Wildman–Crippen LogP) is 3.74. The number of nitrogens with one attached hydrogen (secondary N) is 1. The molecule has 1 amide bonds. The van der Waals surface area contributed by atoms with Crippen molar-refractivity contribution in [1.82, 2.24) is 9.97 Å². The number of anilines is 2. The van der Waals surface area contributed by atoms with Gasteiger partial charge in [-0.15, -0.1) is 0 Å². The van der Waals surface area contributed by atoms with Crippen molar-refractivity contribution in [2.24, 2.45) is 0 Å². The molecule has 0 aliphatic heterocycles. The number of hydrogen-bond donors (Lipinski definition) is 2. The Kier molecular flexibility index (Phi) is 5.84. The van der Waals surface area contributed by atoms with E-state index in [-0.39, 0.29) is 23.1 Å². The van der Waals surface area contributed by atoms with E-state index in [1.807, 2.05) is 0 Å². The van der Waals surface area contributed by atoms with Gasteiger partial charge >= 0.3 is 0 Å². The van der Waals surface area contributed by atoms with Crippen LogP contribution < -0.4 is 15.8 Å². The molecule has 148 valence electrons. The van der Waals surface area contributed by atoms with Crippen LogP contribution in [-0.2, 0) is 4.79 Å². The van der Waals surface area contributed by atoms with E-state index in [1.54, 1.807) is 54.6 Å². The molecule has 3 aromatic rings. The van der Waals surface area contributed by atoms with E-state index < -0.39 is 5.91 Å². The summed E-state index contributed by atoms with van der Waals surface area (Å²) in [6, 6.07) is 15.1. The lowest BCUT2D eigenvalue weighted by Gasteiger charge is -2.13. The Morgan fingerprint density at radius 2 is 1.90 bits per heavy atom. The number of hydrogen-bond acceptors (Lipinski definition) is 7. The molecule has 1 aromatic heterocycles. The Bertz CT molecular complexity index is 1180. The third-order valence-electron chi connectivity index (χ3n) is 4.14. The van der Waals surface area contributed by atoms with Crippen molar-refractivity contribution in [3.05, 3.63) is 72.6 Å². The Morgan fingerprint density at radius 1 is 1.17 bits per heavy atom. The number of nitrogens with zero attached hydrogens (tertiary/aromatic N) is 3. The average Bonchev–Trinajstić information content (AvgIpc) is 2.73. The van der Waals surface area contributed by atoms with Crippen molar-refractivity contribution in [1.29, 1.82) is 5.26 Å². The second kappa shape index (κ2) is 8.67. The van der Waals surface area contributed by atoms with Crippen LogP contribution in [0.1, 0.15) is 17.3 Å². The van der Waals surface area contributed by atoms with Gasteiger partial charge in [-0.05, 0) is 24.6 Å². The molecule has 8 heteroatoms. The quantitative estimate of drug-likeness (QED) is 0.367. The number of aromatic nitrogens is 2. The Labute approximate surface area is 172 Å². The van der Waals surface area contributed by atoms with Crippen LogP contribution in [0.5, 0.6) is 11.6 Å². The summed E-state index contributed by atoms with van der Waals surface area (Å²) in [5.74, 6) is 0.156. The molecule has 3 N–H and O–H groups in total. The van der Waals surface area contributed by atoms with Crippen molar-refractivity contribution in [3.63, 3.8) is 0 Å². The maximum Gasteiger partial charge on any atom is 0.265 e. The number of nitriles is 1. The molecule has 2 aromatic carbocycles. The van der Waals surface area contributed by atoms with E-state index in [0.29, 0.717) is 28.1 Å². The largest absolute Gasteiger partial charge is 0.438 e. The predicted molar refractivity (Wildman–Crippen MR) is 112 cm³/mol. The van der Waals surface area contributed by atoms with Crippen LogP contribution in [-0.4, -0.2) is 21.7 Å². The van der Waals surface area contributed by atoms with Crippen LogP contribution in [0, 0.1) is 11.3 Å². The molecule has 0 saturated carbocycles. The molecule has 0 bridgehead atoms. The fraction of sp³-hybridized carbons (Fsp3) is 0.0455. The highest BCUT2D eigenvalue weighted by molar-refractivity contribution is 6.06. The Morgan fingerprint density at radius 3 is 2.57 bits per heavy atom. The van der Waals surface area contributed by atoms with E-state index in [1.165, 1.54) is 13.3 Å². The first-order chi connectivity index (χ1) is 14.4. The number of carbonyl (C=O) groups excluding carboxylic acids is 2. The van der Waals surface area contributed by atoms with Gasteiger partial charge in [0.25, 0.3) is 5.91 Å². The van der Waals surface area contributed by atoms with Gasteiger partial charge in [0.05, 0.1) is 5.56 Å². The zero-order valence-electron chi connectivity index (χ0n) is 16.0. The van der Waals surface area contributed by atoms with Gasteiger partial charge in [0, 0.05) is 17.3 Å². The number of nitrogen functional groups attached to an aromatic ring is 1. The third kappa shape index (κ3) is 4.48. The number of ether oxygens (including phenoxy) is 1. The maximum atomic E-state index is 11.8. The normalized spacial score (nSPS) is 10.0. The summed E-state index contributed by atoms with van der Waals surface area (Å²) in [4.78, 5) is 31.5. The number of amides is 1. The van der Waals surface area contributed by atoms with Gasteiger partial charge in [-0.25, -0.2) is 9.97 Å². The second-order valence-electron chi connectivity index (χ2n) is 6.25. The van der Waals surface area contributed by atoms with Crippen molar-refractivity contribution >= 4 is 23.2 Å². The molecule has 0 radical (unpaired) electrons. The van der Waals surface area contributed by atoms with Crippen LogP contribution in [0.25, 0.3) is 11.1 Å². The Balaban J connectivity index is 1.91. The van der Waals surface area contributed by atoms with Crippen LogP contribution in [0.3, 0.4) is 0 Å². The molecule has 0 atom stereocenters. The summed E-state index contributed by atoms with van der Waals surface area (Å²) in [6.45, 7) is 4.86. The third-order valence-corrected chi connectivity index (χ3v) is 4.14. The first-order valence-electron chi connectivity index (χ1n) is 8.79. The lowest BCUT2D eigenvalue weighted by molar-refractivity contribution is -0.112. The highest BCUT2D eigenvalue weighted by atomic mass is 16.5. The molecule has 0 unspecified atom stereocenters. The van der Waals surface area contributed by atoms with Gasteiger partial charge < -0.3 is 15.8 Å². The highest BCUT2D eigenvalue weighted by Gasteiger charge is 2.15. The molecular formula is C22H17N5O3. The monoisotopic (exact) mass is 399 g/mol. The van der Waals surface area contributed by atoms with Gasteiger partial charge in [-0.1, -0.05) is 36.9 Å². The van der Waals surface area contributed by atoms with Gasteiger partial charge in [0.15, 0.2) is 5.78 Å². The minimum atomic E-state index is -0.604. The summed E-state index contributed by atoms with van der Waals surface area (Å²) in [7, 11) is 0. The second-order valence-corrected chi connectivity index (χ2v) is 6.25. The summed E-state index contributed by atoms with van der Waals surface area (Å²) >= 11 is 0.